The molecule has 3 aromatic carbocycles. The Morgan fingerprint density at radius 2 is 1.80 bits per heavy atom. The average molecular weight is 440 g/mol. The first-order valence-electron chi connectivity index (χ1n) is 9.29. The van der Waals surface area contributed by atoms with E-state index in [0.29, 0.717) is 27.3 Å². The van der Waals surface area contributed by atoms with Gasteiger partial charge in [0.1, 0.15) is 11.6 Å². The highest BCUT2D eigenvalue weighted by Crippen LogP contribution is 2.32. The van der Waals surface area contributed by atoms with Crippen LogP contribution in [0, 0.1) is 12.7 Å². The molecule has 7 heteroatoms. The Kier molecular flexibility index (Phi) is 6.06. The van der Waals surface area contributed by atoms with Crippen molar-refractivity contribution in [1.29, 1.82) is 0 Å². The Morgan fingerprint density at radius 1 is 1.03 bits per heavy atom. The molecule has 30 heavy (non-hydrogen) atoms. The molecule has 0 radical (unpaired) electrons. The maximum Gasteiger partial charge on any atom is 0.196 e. The van der Waals surface area contributed by atoms with E-state index in [1.54, 1.807) is 19.2 Å². The molecule has 1 aromatic heterocycles. The summed E-state index contributed by atoms with van der Waals surface area (Å²) in [5.74, 6) is 1.49. The number of rotatable bonds is 6. The second kappa shape index (κ2) is 8.90. The van der Waals surface area contributed by atoms with Crippen LogP contribution in [0.2, 0.25) is 5.02 Å². The summed E-state index contributed by atoms with van der Waals surface area (Å²) in [6.07, 6.45) is 0. The van der Waals surface area contributed by atoms with Crippen molar-refractivity contribution >= 4 is 23.4 Å². The predicted octanol–water partition coefficient (Wildman–Crippen LogP) is 6.34. The molecule has 0 aliphatic heterocycles. The normalized spacial score (nSPS) is 10.9. The molecular weight excluding hydrogens is 421 g/mol. The first kappa shape index (κ1) is 20.4. The zero-order valence-electron chi connectivity index (χ0n) is 16.5. The van der Waals surface area contributed by atoms with Crippen LogP contribution in [0.4, 0.5) is 4.39 Å². The number of thioether (sulfide) groups is 1. The van der Waals surface area contributed by atoms with Crippen LogP contribution in [0.15, 0.2) is 71.9 Å². The van der Waals surface area contributed by atoms with Gasteiger partial charge in [-0.1, -0.05) is 41.6 Å². The van der Waals surface area contributed by atoms with Crippen molar-refractivity contribution in [1.82, 2.24) is 14.8 Å². The third-order valence-electron chi connectivity index (χ3n) is 4.65. The molecular formula is C23H19ClFN3OS. The van der Waals surface area contributed by atoms with Crippen molar-refractivity contribution in [3.05, 3.63) is 88.7 Å². The average Bonchev–Trinajstić information content (AvgIpc) is 3.17. The van der Waals surface area contributed by atoms with Crippen LogP contribution in [-0.2, 0) is 5.75 Å². The monoisotopic (exact) mass is 439 g/mol. The molecule has 1 heterocycles. The summed E-state index contributed by atoms with van der Waals surface area (Å²) >= 11 is 7.59. The lowest BCUT2D eigenvalue weighted by Gasteiger charge is -2.12. The van der Waals surface area contributed by atoms with E-state index < -0.39 is 0 Å². The molecule has 0 fully saturated rings. The Balaban J connectivity index is 1.76. The molecule has 0 amide bonds. The quantitative estimate of drug-likeness (QED) is 0.329. The smallest absolute Gasteiger partial charge is 0.196 e. The van der Waals surface area contributed by atoms with Gasteiger partial charge in [-0.05, 0) is 61.0 Å². The summed E-state index contributed by atoms with van der Waals surface area (Å²) in [5.41, 5.74) is 3.41. The molecule has 152 valence electrons. The highest BCUT2D eigenvalue weighted by atomic mass is 35.5. The third-order valence-corrected chi connectivity index (χ3v) is 5.96. The molecule has 0 aliphatic rings. The highest BCUT2D eigenvalue weighted by Gasteiger charge is 2.18. The van der Waals surface area contributed by atoms with Crippen molar-refractivity contribution in [3.63, 3.8) is 0 Å². The molecule has 0 saturated heterocycles. The Hall–Kier alpha value is -2.83. The molecule has 0 bridgehead atoms. The van der Waals surface area contributed by atoms with Gasteiger partial charge < -0.3 is 4.74 Å². The van der Waals surface area contributed by atoms with Gasteiger partial charge in [0.15, 0.2) is 11.0 Å². The van der Waals surface area contributed by atoms with Crippen LogP contribution < -0.4 is 4.74 Å². The number of halogens is 2. The number of hydrogen-bond donors (Lipinski definition) is 0. The van der Waals surface area contributed by atoms with E-state index in [9.17, 15) is 4.39 Å². The maximum atomic E-state index is 14.2. The lowest BCUT2D eigenvalue weighted by molar-refractivity contribution is 0.415. The summed E-state index contributed by atoms with van der Waals surface area (Å²) in [4.78, 5) is 0. The highest BCUT2D eigenvalue weighted by molar-refractivity contribution is 7.98. The van der Waals surface area contributed by atoms with E-state index in [-0.39, 0.29) is 5.82 Å². The first-order valence-corrected chi connectivity index (χ1v) is 10.7. The van der Waals surface area contributed by atoms with Gasteiger partial charge in [-0.15, -0.1) is 10.2 Å². The molecule has 0 N–H and O–H groups in total. The molecule has 0 unspecified atom stereocenters. The minimum absolute atomic E-state index is 0.327. The summed E-state index contributed by atoms with van der Waals surface area (Å²) in [6, 6.07) is 20.5. The fraction of sp³-hybridized carbons (Fsp3) is 0.130. The van der Waals surface area contributed by atoms with Crippen molar-refractivity contribution in [2.24, 2.45) is 0 Å². The van der Waals surface area contributed by atoms with Crippen molar-refractivity contribution in [3.8, 4) is 22.8 Å². The zero-order valence-corrected chi connectivity index (χ0v) is 18.0. The summed E-state index contributed by atoms with van der Waals surface area (Å²) in [6.45, 7) is 2.03. The number of aromatic nitrogens is 3. The third kappa shape index (κ3) is 4.20. The molecule has 0 aliphatic carbocycles. The maximum absolute atomic E-state index is 14.2. The van der Waals surface area contributed by atoms with Crippen LogP contribution in [0.3, 0.4) is 0 Å². The first-order chi connectivity index (χ1) is 14.6. The van der Waals surface area contributed by atoms with Gasteiger partial charge >= 0.3 is 0 Å². The second-order valence-electron chi connectivity index (χ2n) is 6.70. The topological polar surface area (TPSA) is 39.9 Å². The largest absolute Gasteiger partial charge is 0.497 e. The number of methoxy groups -OCH3 is 1. The van der Waals surface area contributed by atoms with Crippen LogP contribution in [0.1, 0.15) is 11.1 Å². The van der Waals surface area contributed by atoms with Gasteiger partial charge in [-0.2, -0.15) is 0 Å². The lowest BCUT2D eigenvalue weighted by atomic mass is 10.2. The molecule has 0 saturated carbocycles. The minimum Gasteiger partial charge on any atom is -0.497 e. The van der Waals surface area contributed by atoms with Crippen LogP contribution in [0.25, 0.3) is 17.1 Å². The fourth-order valence-electron chi connectivity index (χ4n) is 3.10. The summed E-state index contributed by atoms with van der Waals surface area (Å²) in [7, 11) is 1.63. The summed E-state index contributed by atoms with van der Waals surface area (Å²) in [5, 5.41) is 9.88. The molecule has 4 aromatic rings. The SMILES string of the molecule is COc1ccc(-c2nnc(SCc3c(F)cccc3Cl)n2-c2cccc(C)c2)cc1. The van der Waals surface area contributed by atoms with Gasteiger partial charge in [0.05, 0.1) is 7.11 Å². The standard InChI is InChI=1S/C23H19ClFN3OS/c1-15-5-3-6-17(13-15)28-22(16-9-11-18(29-2)12-10-16)26-27-23(28)30-14-19-20(24)7-4-8-21(19)25/h3-13H,14H2,1-2H3. The van der Waals surface area contributed by atoms with E-state index in [0.717, 1.165) is 22.6 Å². The van der Waals surface area contributed by atoms with E-state index in [1.807, 2.05) is 54.0 Å². The number of ether oxygens (including phenoxy) is 1. The Bertz CT molecular complexity index is 1160. The van der Waals surface area contributed by atoms with Gasteiger partial charge in [0.25, 0.3) is 0 Å². The van der Waals surface area contributed by atoms with Gasteiger partial charge in [-0.3, -0.25) is 4.57 Å². The minimum atomic E-state index is -0.327. The van der Waals surface area contributed by atoms with E-state index in [4.69, 9.17) is 16.3 Å². The Morgan fingerprint density at radius 3 is 2.50 bits per heavy atom. The predicted molar refractivity (Wildman–Crippen MR) is 119 cm³/mol. The van der Waals surface area contributed by atoms with Gasteiger partial charge in [0, 0.05) is 27.6 Å². The number of aryl methyl sites for hydroxylation is 1. The lowest BCUT2D eigenvalue weighted by Crippen LogP contribution is -2.00. The fourth-order valence-corrected chi connectivity index (χ4v) is 4.39. The van der Waals surface area contributed by atoms with Crippen LogP contribution in [0.5, 0.6) is 5.75 Å². The molecule has 0 atom stereocenters. The van der Waals surface area contributed by atoms with E-state index in [1.165, 1.54) is 17.8 Å². The second-order valence-corrected chi connectivity index (χ2v) is 8.05. The van der Waals surface area contributed by atoms with Crippen LogP contribution >= 0.6 is 23.4 Å². The Labute approximate surface area is 183 Å². The molecule has 4 nitrogen and oxygen atoms in total. The van der Waals surface area contributed by atoms with Gasteiger partial charge in [-0.25, -0.2) is 4.39 Å². The van der Waals surface area contributed by atoms with E-state index >= 15 is 0 Å². The van der Waals surface area contributed by atoms with Gasteiger partial charge in [0.2, 0.25) is 0 Å². The zero-order chi connectivity index (χ0) is 21.1. The van der Waals surface area contributed by atoms with Crippen molar-refractivity contribution in [2.75, 3.05) is 7.11 Å². The van der Waals surface area contributed by atoms with Crippen LogP contribution in [-0.4, -0.2) is 21.9 Å². The molecule has 4 rings (SSSR count). The number of hydrogen-bond acceptors (Lipinski definition) is 4. The number of nitrogens with zero attached hydrogens (tertiary/aromatic N) is 3. The summed E-state index contributed by atoms with van der Waals surface area (Å²) < 4.78 is 21.5. The van der Waals surface area contributed by atoms with Crippen molar-refractivity contribution in [2.45, 2.75) is 17.8 Å². The molecule has 0 spiro atoms. The van der Waals surface area contributed by atoms with Crippen molar-refractivity contribution < 1.29 is 9.13 Å². The number of benzene rings is 3. The van der Waals surface area contributed by atoms with E-state index in [2.05, 4.69) is 16.3 Å².